The van der Waals surface area contributed by atoms with Crippen LogP contribution in [-0.4, -0.2) is 42.2 Å². The molecule has 1 atom stereocenters. The molecule has 0 fully saturated rings. The van der Waals surface area contributed by atoms with Crippen molar-refractivity contribution in [2.45, 2.75) is 12.3 Å². The summed E-state index contributed by atoms with van der Waals surface area (Å²) < 4.78 is 43.2. The van der Waals surface area contributed by atoms with Crippen LogP contribution in [0, 0.1) is 0 Å². The first-order chi connectivity index (χ1) is 9.75. The standard InChI is InChI=1S/C14H16F3NO3/c1-3-13(20)18(2)8-10(19)9-21-12-7-5-4-6-11(12)14(15,16)17/h3-7,10,19H,1,8-9H2,2H3. The van der Waals surface area contributed by atoms with Crippen LogP contribution in [0.15, 0.2) is 36.9 Å². The summed E-state index contributed by atoms with van der Waals surface area (Å²) in [6.45, 7) is 2.86. The number of carbonyl (C=O) groups excluding carboxylic acids is 1. The van der Waals surface area contributed by atoms with Crippen molar-refractivity contribution in [1.82, 2.24) is 4.90 Å². The molecule has 1 amide bonds. The van der Waals surface area contributed by atoms with Crippen molar-refractivity contribution < 1.29 is 27.8 Å². The van der Waals surface area contributed by atoms with Crippen LogP contribution >= 0.6 is 0 Å². The smallest absolute Gasteiger partial charge is 0.419 e. The van der Waals surface area contributed by atoms with E-state index in [1.807, 2.05) is 0 Å². The fourth-order valence-electron chi connectivity index (χ4n) is 1.63. The van der Waals surface area contributed by atoms with E-state index < -0.39 is 23.8 Å². The van der Waals surface area contributed by atoms with E-state index in [9.17, 15) is 23.1 Å². The number of hydrogen-bond donors (Lipinski definition) is 1. The fourth-order valence-corrected chi connectivity index (χ4v) is 1.63. The number of halogens is 3. The molecule has 116 valence electrons. The number of carbonyl (C=O) groups is 1. The second kappa shape index (κ2) is 7.12. The number of benzene rings is 1. The number of aliphatic hydroxyl groups is 1. The van der Waals surface area contributed by atoms with Crippen LogP contribution in [0.5, 0.6) is 5.75 Å². The average molecular weight is 303 g/mol. The fraction of sp³-hybridized carbons (Fsp3) is 0.357. The van der Waals surface area contributed by atoms with Crippen molar-refractivity contribution in [1.29, 1.82) is 0 Å². The Bertz CT molecular complexity index is 502. The molecule has 1 unspecified atom stereocenters. The third-order valence-electron chi connectivity index (χ3n) is 2.66. The number of para-hydroxylation sites is 1. The number of ether oxygens (including phenoxy) is 1. The molecule has 0 aromatic heterocycles. The topological polar surface area (TPSA) is 49.8 Å². The summed E-state index contributed by atoms with van der Waals surface area (Å²) >= 11 is 0. The highest BCUT2D eigenvalue weighted by molar-refractivity contribution is 5.86. The van der Waals surface area contributed by atoms with Gasteiger partial charge in [-0.1, -0.05) is 18.7 Å². The number of rotatable bonds is 6. The molecular weight excluding hydrogens is 287 g/mol. The lowest BCUT2D eigenvalue weighted by Crippen LogP contribution is -2.36. The van der Waals surface area contributed by atoms with Gasteiger partial charge >= 0.3 is 6.18 Å². The first kappa shape index (κ1) is 17.0. The van der Waals surface area contributed by atoms with Crippen molar-refractivity contribution in [3.8, 4) is 5.75 Å². The molecule has 0 saturated carbocycles. The van der Waals surface area contributed by atoms with Gasteiger partial charge in [-0.3, -0.25) is 4.79 Å². The SMILES string of the molecule is C=CC(=O)N(C)CC(O)COc1ccccc1C(F)(F)F. The van der Waals surface area contributed by atoms with Crippen LogP contribution in [0.2, 0.25) is 0 Å². The molecule has 7 heteroatoms. The first-order valence-corrected chi connectivity index (χ1v) is 6.10. The minimum atomic E-state index is -4.53. The van der Waals surface area contributed by atoms with Gasteiger partial charge in [-0.2, -0.15) is 13.2 Å². The molecular formula is C14H16F3NO3. The van der Waals surface area contributed by atoms with E-state index in [1.165, 1.54) is 30.1 Å². The van der Waals surface area contributed by atoms with Gasteiger partial charge in [-0.25, -0.2) is 0 Å². The Labute approximate surface area is 120 Å². The lowest BCUT2D eigenvalue weighted by atomic mass is 10.2. The van der Waals surface area contributed by atoms with E-state index in [0.717, 1.165) is 12.1 Å². The number of nitrogens with zero attached hydrogens (tertiary/aromatic N) is 1. The lowest BCUT2D eigenvalue weighted by Gasteiger charge is -2.20. The Hall–Kier alpha value is -2.02. The monoisotopic (exact) mass is 303 g/mol. The normalized spacial score (nSPS) is 12.6. The zero-order valence-corrected chi connectivity index (χ0v) is 11.4. The highest BCUT2D eigenvalue weighted by atomic mass is 19.4. The van der Waals surface area contributed by atoms with Gasteiger partial charge in [0.2, 0.25) is 5.91 Å². The van der Waals surface area contributed by atoms with Crippen molar-refractivity contribution in [2.24, 2.45) is 0 Å². The van der Waals surface area contributed by atoms with Gasteiger partial charge in [-0.05, 0) is 18.2 Å². The number of alkyl halides is 3. The third kappa shape index (κ3) is 5.11. The van der Waals surface area contributed by atoms with E-state index in [-0.39, 0.29) is 18.9 Å². The summed E-state index contributed by atoms with van der Waals surface area (Å²) in [6, 6.07) is 4.73. The highest BCUT2D eigenvalue weighted by Gasteiger charge is 2.34. The van der Waals surface area contributed by atoms with Crippen LogP contribution in [0.4, 0.5) is 13.2 Å². The molecule has 0 bridgehead atoms. The van der Waals surface area contributed by atoms with Crippen molar-refractivity contribution >= 4 is 5.91 Å². The Morgan fingerprint density at radius 1 is 1.48 bits per heavy atom. The first-order valence-electron chi connectivity index (χ1n) is 6.10. The number of likely N-dealkylation sites (N-methyl/N-ethyl adjacent to an activating group) is 1. The van der Waals surface area contributed by atoms with Crippen LogP contribution in [0.1, 0.15) is 5.56 Å². The quantitative estimate of drug-likeness (QED) is 0.819. The lowest BCUT2D eigenvalue weighted by molar-refractivity contribution is -0.139. The molecule has 21 heavy (non-hydrogen) atoms. The summed E-state index contributed by atoms with van der Waals surface area (Å²) in [5.74, 6) is -0.758. The zero-order chi connectivity index (χ0) is 16.0. The van der Waals surface area contributed by atoms with E-state index in [0.29, 0.717) is 0 Å². The predicted molar refractivity (Wildman–Crippen MR) is 70.8 cm³/mol. The van der Waals surface area contributed by atoms with Gasteiger partial charge in [0.05, 0.1) is 5.56 Å². The average Bonchev–Trinajstić information content (AvgIpc) is 2.43. The van der Waals surface area contributed by atoms with Gasteiger partial charge in [0.15, 0.2) is 0 Å². The van der Waals surface area contributed by atoms with Crippen molar-refractivity contribution in [3.63, 3.8) is 0 Å². The third-order valence-corrected chi connectivity index (χ3v) is 2.66. The Morgan fingerprint density at radius 3 is 2.67 bits per heavy atom. The Balaban J connectivity index is 2.64. The summed E-state index contributed by atoms with van der Waals surface area (Å²) in [5.41, 5.74) is -0.910. The molecule has 0 saturated heterocycles. The van der Waals surface area contributed by atoms with Crippen LogP contribution in [0.3, 0.4) is 0 Å². The van der Waals surface area contributed by atoms with Gasteiger partial charge in [0.1, 0.15) is 18.5 Å². The molecule has 0 heterocycles. The summed E-state index contributed by atoms with van der Waals surface area (Å²) in [4.78, 5) is 12.4. The van der Waals surface area contributed by atoms with E-state index >= 15 is 0 Å². The molecule has 0 aliphatic heterocycles. The number of amides is 1. The molecule has 0 spiro atoms. The van der Waals surface area contributed by atoms with Gasteiger partial charge < -0.3 is 14.7 Å². The molecule has 0 radical (unpaired) electrons. The molecule has 1 aromatic carbocycles. The molecule has 1 aromatic rings. The van der Waals surface area contributed by atoms with Crippen LogP contribution in [0.25, 0.3) is 0 Å². The van der Waals surface area contributed by atoms with E-state index in [1.54, 1.807) is 0 Å². The maximum atomic E-state index is 12.7. The van der Waals surface area contributed by atoms with E-state index in [2.05, 4.69) is 6.58 Å². The summed E-state index contributed by atoms with van der Waals surface area (Å²) in [6.07, 6.45) is -4.57. The van der Waals surface area contributed by atoms with Crippen molar-refractivity contribution in [2.75, 3.05) is 20.2 Å². The van der Waals surface area contributed by atoms with Crippen LogP contribution in [-0.2, 0) is 11.0 Å². The van der Waals surface area contributed by atoms with Crippen LogP contribution < -0.4 is 4.74 Å². The molecule has 1 rings (SSSR count). The van der Waals surface area contributed by atoms with Gasteiger partial charge in [-0.15, -0.1) is 0 Å². The highest BCUT2D eigenvalue weighted by Crippen LogP contribution is 2.35. The van der Waals surface area contributed by atoms with Crippen molar-refractivity contribution in [3.05, 3.63) is 42.5 Å². The van der Waals surface area contributed by atoms with Gasteiger partial charge in [0.25, 0.3) is 0 Å². The Kier molecular flexibility index (Phi) is 5.78. The minimum Gasteiger partial charge on any atom is -0.490 e. The maximum absolute atomic E-state index is 12.7. The largest absolute Gasteiger partial charge is 0.490 e. The second-order valence-corrected chi connectivity index (χ2v) is 4.38. The molecule has 0 aliphatic rings. The maximum Gasteiger partial charge on any atom is 0.419 e. The summed E-state index contributed by atoms with van der Waals surface area (Å²) in [5, 5.41) is 9.68. The van der Waals surface area contributed by atoms with Gasteiger partial charge in [0, 0.05) is 13.6 Å². The second-order valence-electron chi connectivity index (χ2n) is 4.38. The van der Waals surface area contributed by atoms with E-state index in [4.69, 9.17) is 4.74 Å². The minimum absolute atomic E-state index is 0.0704. The Morgan fingerprint density at radius 2 is 2.10 bits per heavy atom. The predicted octanol–water partition coefficient (Wildman–Crippen LogP) is 2.09. The molecule has 1 N–H and O–H groups in total. The summed E-state index contributed by atoms with van der Waals surface area (Å²) in [7, 11) is 1.44. The molecule has 0 aliphatic carbocycles. The number of hydrogen-bond acceptors (Lipinski definition) is 3. The molecule has 4 nitrogen and oxygen atoms in total. The zero-order valence-electron chi connectivity index (χ0n) is 11.4. The number of aliphatic hydroxyl groups excluding tert-OH is 1.